The fourth-order valence-corrected chi connectivity index (χ4v) is 4.73. The third kappa shape index (κ3) is 6.84. The average Bonchev–Trinajstić information content (AvgIpc) is 3.59. The van der Waals surface area contributed by atoms with Gasteiger partial charge in [0.1, 0.15) is 5.60 Å². The van der Waals surface area contributed by atoms with Crippen molar-refractivity contribution < 1.29 is 14.3 Å². The van der Waals surface area contributed by atoms with E-state index in [1.54, 1.807) is 0 Å². The van der Waals surface area contributed by atoms with Crippen LogP contribution in [0, 0.1) is 11.8 Å². The Morgan fingerprint density at radius 2 is 1.66 bits per heavy atom. The monoisotopic (exact) mass is 472 g/mol. The molecule has 2 N–H and O–H groups in total. The van der Waals surface area contributed by atoms with Crippen LogP contribution in [0.4, 0.5) is 4.79 Å². The number of ether oxygens (including phenoxy) is 1. The summed E-state index contributed by atoms with van der Waals surface area (Å²) in [5, 5.41) is 8.49. The first-order valence-corrected chi connectivity index (χ1v) is 12.5. The van der Waals surface area contributed by atoms with Gasteiger partial charge in [-0.25, -0.2) is 4.79 Å². The Morgan fingerprint density at radius 3 is 2.37 bits per heavy atom. The Bertz CT molecular complexity index is 1170. The van der Waals surface area contributed by atoms with Gasteiger partial charge in [-0.1, -0.05) is 67.6 Å². The van der Waals surface area contributed by atoms with Gasteiger partial charge in [0.2, 0.25) is 0 Å². The van der Waals surface area contributed by atoms with Gasteiger partial charge in [-0.15, -0.1) is 0 Å². The number of nitrogens with one attached hydrogen (secondary N) is 2. The smallest absolute Gasteiger partial charge is 0.407 e. The highest BCUT2D eigenvalue weighted by atomic mass is 16.6. The Hall–Kier alpha value is -3.34. The van der Waals surface area contributed by atoms with Gasteiger partial charge in [0.25, 0.3) is 5.91 Å². The van der Waals surface area contributed by atoms with E-state index in [1.165, 1.54) is 5.56 Å². The van der Waals surface area contributed by atoms with Gasteiger partial charge in [-0.2, -0.15) is 0 Å². The number of benzene rings is 3. The van der Waals surface area contributed by atoms with Crippen LogP contribution in [0.3, 0.4) is 0 Å². The number of fused-ring (bicyclic) bond motifs is 1. The minimum absolute atomic E-state index is 0.00962. The van der Waals surface area contributed by atoms with Gasteiger partial charge in [0, 0.05) is 17.6 Å². The number of hydrogen-bond acceptors (Lipinski definition) is 3. The maximum absolute atomic E-state index is 13.3. The molecule has 1 aliphatic rings. The van der Waals surface area contributed by atoms with Crippen molar-refractivity contribution in [3.8, 4) is 0 Å². The highest BCUT2D eigenvalue weighted by molar-refractivity contribution is 5.98. The van der Waals surface area contributed by atoms with Gasteiger partial charge in [-0.05, 0) is 80.3 Å². The lowest BCUT2D eigenvalue weighted by Crippen LogP contribution is -2.42. The van der Waals surface area contributed by atoms with Crippen LogP contribution in [-0.2, 0) is 11.2 Å². The molecule has 0 aliphatic heterocycles. The summed E-state index contributed by atoms with van der Waals surface area (Å²) in [4.78, 5) is 25.5. The highest BCUT2D eigenvalue weighted by Gasteiger charge is 2.45. The van der Waals surface area contributed by atoms with Gasteiger partial charge in [0.15, 0.2) is 0 Å². The van der Waals surface area contributed by atoms with E-state index in [1.807, 2.05) is 81.4 Å². The molecule has 1 fully saturated rings. The Kier molecular flexibility index (Phi) is 7.44. The van der Waals surface area contributed by atoms with Crippen molar-refractivity contribution in [3.63, 3.8) is 0 Å². The van der Waals surface area contributed by atoms with Crippen LogP contribution in [0.2, 0.25) is 0 Å². The number of carbonyl (C=O) groups is 2. The SMILES string of the molecule is C[C@H]([C@@H]1C[C@@H]1NC(=O)OC(C)(C)C)[C@@H](CCc1ccccc1)NC(=O)c1ccc2ccccc2c1. The molecule has 3 aromatic carbocycles. The summed E-state index contributed by atoms with van der Waals surface area (Å²) in [6.45, 7) is 7.77. The van der Waals surface area contributed by atoms with Crippen molar-refractivity contribution in [3.05, 3.63) is 83.9 Å². The van der Waals surface area contributed by atoms with E-state index in [9.17, 15) is 9.59 Å². The summed E-state index contributed by atoms with van der Waals surface area (Å²) < 4.78 is 5.42. The van der Waals surface area contributed by atoms with Gasteiger partial charge in [0.05, 0.1) is 0 Å². The number of amides is 2. The van der Waals surface area contributed by atoms with Crippen LogP contribution in [0.5, 0.6) is 0 Å². The second kappa shape index (κ2) is 10.5. The second-order valence-electron chi connectivity index (χ2n) is 10.7. The van der Waals surface area contributed by atoms with Crippen molar-refractivity contribution in [1.82, 2.24) is 10.6 Å². The summed E-state index contributed by atoms with van der Waals surface area (Å²) in [6, 6.07) is 24.3. The molecule has 0 aromatic heterocycles. The molecular formula is C30H36N2O3. The fourth-order valence-electron chi connectivity index (χ4n) is 4.73. The van der Waals surface area contributed by atoms with Crippen molar-refractivity contribution in [2.75, 3.05) is 0 Å². The third-order valence-electron chi connectivity index (χ3n) is 6.77. The minimum Gasteiger partial charge on any atom is -0.444 e. The van der Waals surface area contributed by atoms with E-state index >= 15 is 0 Å². The van der Waals surface area contributed by atoms with Crippen LogP contribution in [0.15, 0.2) is 72.8 Å². The Morgan fingerprint density at radius 1 is 0.971 bits per heavy atom. The number of rotatable bonds is 8. The maximum Gasteiger partial charge on any atom is 0.407 e. The van der Waals surface area contributed by atoms with Gasteiger partial charge in [-0.3, -0.25) is 4.79 Å². The number of carbonyl (C=O) groups excluding carboxylic acids is 2. The standard InChI is InChI=1S/C30H36N2O3/c1-20(25-19-27(25)32-29(34)35-30(2,3)4)26(17-14-21-10-6-5-7-11-21)31-28(33)24-16-15-22-12-8-9-13-23(22)18-24/h5-13,15-16,18,20,25-27H,14,17,19H2,1-4H3,(H,31,33)(H,32,34)/t20-,25+,26-,27+/m1/s1. The second-order valence-corrected chi connectivity index (χ2v) is 10.7. The molecule has 0 radical (unpaired) electrons. The molecule has 0 spiro atoms. The van der Waals surface area contributed by atoms with E-state index in [2.05, 4.69) is 29.7 Å². The first-order chi connectivity index (χ1) is 16.7. The van der Waals surface area contributed by atoms with E-state index < -0.39 is 5.60 Å². The zero-order valence-electron chi connectivity index (χ0n) is 21.1. The molecule has 0 saturated heterocycles. The molecule has 0 unspecified atom stereocenters. The lowest BCUT2D eigenvalue weighted by atomic mass is 9.90. The molecule has 0 heterocycles. The van der Waals surface area contributed by atoms with Crippen molar-refractivity contribution in [2.24, 2.45) is 11.8 Å². The number of hydrogen-bond donors (Lipinski definition) is 2. The van der Waals surface area contributed by atoms with Crippen molar-refractivity contribution in [2.45, 2.75) is 64.6 Å². The van der Waals surface area contributed by atoms with Crippen LogP contribution in [0.25, 0.3) is 10.8 Å². The van der Waals surface area contributed by atoms with Crippen LogP contribution >= 0.6 is 0 Å². The molecule has 5 heteroatoms. The predicted molar refractivity (Wildman–Crippen MR) is 140 cm³/mol. The molecule has 35 heavy (non-hydrogen) atoms. The van der Waals surface area contributed by atoms with Crippen molar-refractivity contribution >= 4 is 22.8 Å². The molecule has 5 nitrogen and oxygen atoms in total. The molecule has 0 bridgehead atoms. The number of alkyl carbamates (subject to hydrolysis) is 1. The zero-order chi connectivity index (χ0) is 25.0. The summed E-state index contributed by atoms with van der Waals surface area (Å²) in [7, 11) is 0. The molecule has 1 saturated carbocycles. The van der Waals surface area contributed by atoms with E-state index in [0.717, 1.165) is 30.0 Å². The number of aryl methyl sites for hydroxylation is 1. The first kappa shape index (κ1) is 24.8. The molecule has 2 amide bonds. The largest absolute Gasteiger partial charge is 0.444 e. The zero-order valence-corrected chi connectivity index (χ0v) is 21.1. The normalized spacial score (nSPS) is 19.0. The molecule has 4 rings (SSSR count). The van der Waals surface area contributed by atoms with Gasteiger partial charge >= 0.3 is 6.09 Å². The Balaban J connectivity index is 1.44. The van der Waals surface area contributed by atoms with Crippen LogP contribution in [0.1, 0.15) is 56.5 Å². The average molecular weight is 473 g/mol. The van der Waals surface area contributed by atoms with Crippen LogP contribution in [-0.4, -0.2) is 29.7 Å². The van der Waals surface area contributed by atoms with E-state index in [-0.39, 0.29) is 30.0 Å². The maximum atomic E-state index is 13.3. The summed E-state index contributed by atoms with van der Waals surface area (Å²) in [6.07, 6.45) is 2.23. The van der Waals surface area contributed by atoms with Crippen LogP contribution < -0.4 is 10.6 Å². The molecule has 1 aliphatic carbocycles. The minimum atomic E-state index is -0.522. The molecule has 4 atom stereocenters. The lowest BCUT2D eigenvalue weighted by molar-refractivity contribution is 0.0517. The summed E-state index contributed by atoms with van der Waals surface area (Å²) >= 11 is 0. The van der Waals surface area contributed by atoms with E-state index in [0.29, 0.717) is 11.5 Å². The summed E-state index contributed by atoms with van der Waals surface area (Å²) in [5.41, 5.74) is 1.40. The van der Waals surface area contributed by atoms with E-state index in [4.69, 9.17) is 4.74 Å². The first-order valence-electron chi connectivity index (χ1n) is 12.5. The quantitative estimate of drug-likeness (QED) is 0.415. The fraction of sp³-hybridized carbons (Fsp3) is 0.400. The Labute approximate surface area is 208 Å². The third-order valence-corrected chi connectivity index (χ3v) is 6.77. The summed E-state index contributed by atoms with van der Waals surface area (Å²) in [5.74, 6) is 0.459. The topological polar surface area (TPSA) is 67.4 Å². The highest BCUT2D eigenvalue weighted by Crippen LogP contribution is 2.40. The molecular weight excluding hydrogens is 436 g/mol. The predicted octanol–water partition coefficient (Wildman–Crippen LogP) is 6.12. The lowest BCUT2D eigenvalue weighted by Gasteiger charge is -2.26. The van der Waals surface area contributed by atoms with Gasteiger partial charge < -0.3 is 15.4 Å². The molecule has 3 aromatic rings. The van der Waals surface area contributed by atoms with Crippen molar-refractivity contribution in [1.29, 1.82) is 0 Å². The molecule has 184 valence electrons.